The summed E-state index contributed by atoms with van der Waals surface area (Å²) in [5.41, 5.74) is 2.22. The number of rotatable bonds is 6. The van der Waals surface area contributed by atoms with E-state index in [0.717, 1.165) is 10.5 Å². The quantitative estimate of drug-likeness (QED) is 0.463. The summed E-state index contributed by atoms with van der Waals surface area (Å²) in [6.07, 6.45) is 3.65. The van der Waals surface area contributed by atoms with Crippen LogP contribution in [0.5, 0.6) is 0 Å². The molecular formula is C21H18N2O2S2. The van der Waals surface area contributed by atoms with Crippen LogP contribution in [0, 0.1) is 0 Å². The molecule has 2 N–H and O–H groups in total. The molecule has 0 saturated heterocycles. The van der Waals surface area contributed by atoms with Gasteiger partial charge in [-0.1, -0.05) is 24.3 Å². The number of carbonyl (C=O) groups excluding carboxylic acids is 2. The van der Waals surface area contributed by atoms with Crippen molar-refractivity contribution in [2.45, 2.75) is 4.90 Å². The van der Waals surface area contributed by atoms with Gasteiger partial charge in [0, 0.05) is 16.1 Å². The molecule has 3 aromatic rings. The maximum atomic E-state index is 12.8. The lowest BCUT2D eigenvalue weighted by Crippen LogP contribution is -2.30. The van der Waals surface area contributed by atoms with Gasteiger partial charge in [0.2, 0.25) is 0 Å². The minimum atomic E-state index is -0.372. The molecule has 0 bridgehead atoms. The molecule has 0 atom stereocenters. The van der Waals surface area contributed by atoms with Gasteiger partial charge in [-0.25, -0.2) is 0 Å². The number of carbonyl (C=O) groups is 2. The number of thiophene rings is 1. The van der Waals surface area contributed by atoms with Gasteiger partial charge < -0.3 is 10.6 Å². The van der Waals surface area contributed by atoms with E-state index in [2.05, 4.69) is 10.6 Å². The lowest BCUT2D eigenvalue weighted by atomic mass is 10.2. The molecule has 3 rings (SSSR count). The zero-order valence-electron chi connectivity index (χ0n) is 14.6. The van der Waals surface area contributed by atoms with E-state index >= 15 is 0 Å². The predicted octanol–water partition coefficient (Wildman–Crippen LogP) is 4.88. The highest BCUT2D eigenvalue weighted by molar-refractivity contribution is 7.98. The summed E-state index contributed by atoms with van der Waals surface area (Å²) >= 11 is 3.12. The molecule has 2 aromatic carbocycles. The van der Waals surface area contributed by atoms with Crippen molar-refractivity contribution in [1.29, 1.82) is 0 Å². The van der Waals surface area contributed by atoms with Crippen molar-refractivity contribution in [3.63, 3.8) is 0 Å². The molecule has 136 valence electrons. The highest BCUT2D eigenvalue weighted by atomic mass is 32.2. The Morgan fingerprint density at radius 1 is 1.04 bits per heavy atom. The Bertz CT molecular complexity index is 951. The van der Waals surface area contributed by atoms with Gasteiger partial charge in [0.15, 0.2) is 0 Å². The van der Waals surface area contributed by atoms with Crippen LogP contribution in [0.1, 0.15) is 15.9 Å². The maximum absolute atomic E-state index is 12.8. The number of thioether (sulfide) groups is 1. The van der Waals surface area contributed by atoms with Gasteiger partial charge >= 0.3 is 0 Å². The molecule has 6 heteroatoms. The number of nitrogens with one attached hydrogen (secondary N) is 2. The van der Waals surface area contributed by atoms with E-state index in [9.17, 15) is 9.59 Å². The summed E-state index contributed by atoms with van der Waals surface area (Å²) in [7, 11) is 0. The summed E-state index contributed by atoms with van der Waals surface area (Å²) in [5, 5.41) is 9.42. The Labute approximate surface area is 166 Å². The molecule has 1 aromatic heterocycles. The predicted molar refractivity (Wildman–Crippen MR) is 113 cm³/mol. The third kappa shape index (κ3) is 5.32. The van der Waals surface area contributed by atoms with E-state index in [1.165, 1.54) is 11.3 Å². The molecule has 4 nitrogen and oxygen atoms in total. The van der Waals surface area contributed by atoms with E-state index in [1.807, 2.05) is 53.4 Å². The minimum absolute atomic E-state index is 0.191. The van der Waals surface area contributed by atoms with Gasteiger partial charge in [-0.2, -0.15) is 11.3 Å². The second-order valence-electron chi connectivity index (χ2n) is 5.62. The fourth-order valence-electron chi connectivity index (χ4n) is 2.37. The van der Waals surface area contributed by atoms with Gasteiger partial charge in [-0.15, -0.1) is 11.8 Å². The smallest absolute Gasteiger partial charge is 0.272 e. The molecule has 0 unspecified atom stereocenters. The first-order valence-corrected chi connectivity index (χ1v) is 10.4. The molecule has 0 aliphatic carbocycles. The second-order valence-corrected chi connectivity index (χ2v) is 7.28. The normalized spacial score (nSPS) is 11.1. The Balaban J connectivity index is 1.83. The average Bonchev–Trinajstić information content (AvgIpc) is 3.21. The van der Waals surface area contributed by atoms with Gasteiger partial charge in [-0.05, 0) is 65.1 Å². The standard InChI is InChI=1S/C21H18N2O2S2/c1-26-18-9-5-8-17(13-18)22-21(25)19(12-15-10-11-27-14-15)23-20(24)16-6-3-2-4-7-16/h2-14H,1H3,(H,22,25)(H,23,24)/b19-12+. The van der Waals surface area contributed by atoms with Crippen molar-refractivity contribution in [2.24, 2.45) is 0 Å². The Kier molecular flexibility index (Phi) is 6.46. The SMILES string of the molecule is CSc1cccc(NC(=O)/C(=C\c2ccsc2)NC(=O)c2ccccc2)c1. The van der Waals surface area contributed by atoms with Crippen LogP contribution in [-0.4, -0.2) is 18.1 Å². The largest absolute Gasteiger partial charge is 0.321 e. The van der Waals surface area contributed by atoms with Crippen LogP contribution in [-0.2, 0) is 4.79 Å². The fourth-order valence-corrected chi connectivity index (χ4v) is 3.44. The zero-order valence-corrected chi connectivity index (χ0v) is 16.3. The summed E-state index contributed by atoms with van der Waals surface area (Å²) in [5.74, 6) is -0.700. The summed E-state index contributed by atoms with van der Waals surface area (Å²) in [6.45, 7) is 0. The van der Waals surface area contributed by atoms with Gasteiger partial charge in [0.05, 0.1) is 0 Å². The number of hydrogen-bond acceptors (Lipinski definition) is 4. The molecule has 1 heterocycles. The van der Waals surface area contributed by atoms with E-state index < -0.39 is 0 Å². The van der Waals surface area contributed by atoms with Crippen molar-refractivity contribution in [3.05, 3.63) is 88.2 Å². The van der Waals surface area contributed by atoms with Crippen LogP contribution in [0.3, 0.4) is 0 Å². The van der Waals surface area contributed by atoms with Crippen LogP contribution in [0.15, 0.2) is 82.0 Å². The van der Waals surface area contributed by atoms with E-state index in [1.54, 1.807) is 42.1 Å². The molecule has 0 aliphatic rings. The third-order valence-electron chi connectivity index (χ3n) is 3.71. The van der Waals surface area contributed by atoms with Crippen LogP contribution in [0.2, 0.25) is 0 Å². The molecule has 0 radical (unpaired) electrons. The summed E-state index contributed by atoms with van der Waals surface area (Å²) in [6, 6.07) is 18.3. The van der Waals surface area contributed by atoms with Crippen molar-refractivity contribution in [3.8, 4) is 0 Å². The van der Waals surface area contributed by atoms with Crippen molar-refractivity contribution in [2.75, 3.05) is 11.6 Å². The second kappa shape index (κ2) is 9.21. The Hall–Kier alpha value is -2.83. The van der Waals surface area contributed by atoms with E-state index in [0.29, 0.717) is 11.3 Å². The lowest BCUT2D eigenvalue weighted by Gasteiger charge is -2.11. The molecule has 0 aliphatic heterocycles. The van der Waals surface area contributed by atoms with Crippen molar-refractivity contribution in [1.82, 2.24) is 5.32 Å². The number of anilines is 1. The van der Waals surface area contributed by atoms with Crippen LogP contribution >= 0.6 is 23.1 Å². The first kappa shape index (κ1) is 18.9. The van der Waals surface area contributed by atoms with Crippen LogP contribution in [0.25, 0.3) is 6.08 Å². The summed E-state index contributed by atoms with van der Waals surface area (Å²) < 4.78 is 0. The van der Waals surface area contributed by atoms with E-state index in [4.69, 9.17) is 0 Å². The van der Waals surface area contributed by atoms with Crippen LogP contribution in [0.4, 0.5) is 5.69 Å². The molecular weight excluding hydrogens is 376 g/mol. The third-order valence-corrected chi connectivity index (χ3v) is 5.14. The topological polar surface area (TPSA) is 58.2 Å². The molecule has 2 amide bonds. The molecule has 27 heavy (non-hydrogen) atoms. The first-order chi connectivity index (χ1) is 13.2. The first-order valence-electron chi connectivity index (χ1n) is 8.21. The Morgan fingerprint density at radius 3 is 2.56 bits per heavy atom. The lowest BCUT2D eigenvalue weighted by molar-refractivity contribution is -0.113. The highest BCUT2D eigenvalue weighted by Crippen LogP contribution is 2.20. The van der Waals surface area contributed by atoms with Crippen LogP contribution < -0.4 is 10.6 Å². The van der Waals surface area contributed by atoms with Gasteiger partial charge in [0.1, 0.15) is 5.70 Å². The molecule has 0 saturated carbocycles. The van der Waals surface area contributed by atoms with Crippen molar-refractivity contribution < 1.29 is 9.59 Å². The van der Waals surface area contributed by atoms with Gasteiger partial charge in [0.25, 0.3) is 11.8 Å². The molecule has 0 spiro atoms. The number of hydrogen-bond donors (Lipinski definition) is 2. The minimum Gasteiger partial charge on any atom is -0.321 e. The zero-order chi connectivity index (χ0) is 19.1. The monoisotopic (exact) mass is 394 g/mol. The van der Waals surface area contributed by atoms with E-state index in [-0.39, 0.29) is 17.5 Å². The average molecular weight is 395 g/mol. The number of benzene rings is 2. The maximum Gasteiger partial charge on any atom is 0.272 e. The van der Waals surface area contributed by atoms with Crippen molar-refractivity contribution >= 4 is 46.7 Å². The Morgan fingerprint density at radius 2 is 1.85 bits per heavy atom. The fraction of sp³-hybridized carbons (Fsp3) is 0.0476. The highest BCUT2D eigenvalue weighted by Gasteiger charge is 2.15. The molecule has 0 fully saturated rings. The summed E-state index contributed by atoms with van der Waals surface area (Å²) in [4.78, 5) is 26.4. The van der Waals surface area contributed by atoms with Gasteiger partial charge in [-0.3, -0.25) is 9.59 Å². The number of amides is 2.